The summed E-state index contributed by atoms with van der Waals surface area (Å²) >= 11 is 2.05. The Labute approximate surface area is 173 Å². The van der Waals surface area contributed by atoms with Gasteiger partial charge >= 0.3 is 6.18 Å². The Morgan fingerprint density at radius 2 is 2.07 bits per heavy atom. The van der Waals surface area contributed by atoms with Crippen LogP contribution in [0.5, 0.6) is 5.75 Å². The fraction of sp³-hybridized carbons (Fsp3) is 0.150. The van der Waals surface area contributed by atoms with Crippen molar-refractivity contribution in [1.29, 1.82) is 5.26 Å². The molecule has 0 aliphatic carbocycles. The molecule has 0 saturated heterocycles. The van der Waals surface area contributed by atoms with Gasteiger partial charge in [0.05, 0.1) is 34.6 Å². The van der Waals surface area contributed by atoms with Crippen LogP contribution in [0.1, 0.15) is 21.5 Å². The maximum atomic E-state index is 13.5. The number of aromatic nitrogens is 1. The molecule has 4 nitrogen and oxygen atoms in total. The normalized spacial score (nSPS) is 11.1. The molecule has 0 aliphatic heterocycles. The Bertz CT molecular complexity index is 1070. The van der Waals surface area contributed by atoms with E-state index in [2.05, 4.69) is 4.98 Å². The number of carbonyl (C=O) groups is 1. The number of nitrogens with zero attached hydrogens (tertiary/aromatic N) is 2. The number of Topliss-reactive ketones (excluding diaryl/α,β-unsaturated/α-hetero) is 1. The lowest BCUT2D eigenvalue weighted by Gasteiger charge is -2.13. The molecule has 0 saturated carbocycles. The zero-order chi connectivity index (χ0) is 21.0. The van der Waals surface area contributed by atoms with Gasteiger partial charge in [-0.05, 0) is 29.6 Å². The van der Waals surface area contributed by atoms with Crippen LogP contribution in [-0.2, 0) is 6.18 Å². The maximum absolute atomic E-state index is 13.5. The first-order valence-corrected chi connectivity index (χ1v) is 10.1. The number of hydrogen-bond acceptors (Lipinski definition) is 6. The molecule has 0 spiro atoms. The highest BCUT2D eigenvalue weighted by Crippen LogP contribution is 2.38. The van der Waals surface area contributed by atoms with Crippen LogP contribution in [0.4, 0.5) is 13.2 Å². The Hall–Kier alpha value is -2.83. The average molecular weight is 434 g/mol. The van der Waals surface area contributed by atoms with Crippen molar-refractivity contribution in [2.75, 3.05) is 12.9 Å². The van der Waals surface area contributed by atoms with Crippen molar-refractivity contribution < 1.29 is 22.7 Å². The minimum Gasteiger partial charge on any atom is -0.497 e. The Kier molecular flexibility index (Phi) is 6.25. The molecule has 1 aromatic carbocycles. The molecule has 148 valence electrons. The largest absolute Gasteiger partial charge is 0.497 e. The predicted octanol–water partition coefficient (Wildman–Crippen LogP) is 5.68. The lowest BCUT2D eigenvalue weighted by Crippen LogP contribution is -2.11. The number of alkyl halides is 3. The van der Waals surface area contributed by atoms with E-state index >= 15 is 0 Å². The summed E-state index contributed by atoms with van der Waals surface area (Å²) in [6.45, 7) is 0. The molecule has 0 unspecified atom stereocenters. The summed E-state index contributed by atoms with van der Waals surface area (Å²) in [6, 6.07) is 12.3. The number of ketones is 1. The van der Waals surface area contributed by atoms with Crippen LogP contribution in [0.2, 0.25) is 0 Å². The highest BCUT2D eigenvalue weighted by molar-refractivity contribution is 8.00. The van der Waals surface area contributed by atoms with E-state index in [9.17, 15) is 23.2 Å². The number of hydrogen-bond donors (Lipinski definition) is 0. The number of rotatable bonds is 6. The monoisotopic (exact) mass is 434 g/mol. The van der Waals surface area contributed by atoms with Crippen LogP contribution < -0.4 is 4.74 Å². The van der Waals surface area contributed by atoms with Crippen molar-refractivity contribution in [2.24, 2.45) is 0 Å². The summed E-state index contributed by atoms with van der Waals surface area (Å²) < 4.78 is 45.6. The van der Waals surface area contributed by atoms with Gasteiger partial charge in [-0.3, -0.25) is 4.79 Å². The van der Waals surface area contributed by atoms with E-state index in [0.29, 0.717) is 16.2 Å². The zero-order valence-electron chi connectivity index (χ0n) is 15.0. The van der Waals surface area contributed by atoms with Crippen molar-refractivity contribution >= 4 is 28.9 Å². The lowest BCUT2D eigenvalue weighted by atomic mass is 10.1. The van der Waals surface area contributed by atoms with Crippen LogP contribution in [0.3, 0.4) is 0 Å². The minimum absolute atomic E-state index is 0.114. The quantitative estimate of drug-likeness (QED) is 0.369. The highest BCUT2D eigenvalue weighted by atomic mass is 32.2. The fourth-order valence-corrected chi connectivity index (χ4v) is 4.11. The number of carbonyl (C=O) groups excluding carboxylic acids is 1. The number of benzene rings is 1. The van der Waals surface area contributed by atoms with Crippen LogP contribution in [-0.4, -0.2) is 23.6 Å². The maximum Gasteiger partial charge on any atom is 0.417 e. The molecule has 0 amide bonds. The molecule has 0 N–H and O–H groups in total. The Morgan fingerprint density at radius 3 is 2.69 bits per heavy atom. The van der Waals surface area contributed by atoms with Crippen molar-refractivity contribution in [3.8, 4) is 22.4 Å². The molecule has 0 fully saturated rings. The predicted molar refractivity (Wildman–Crippen MR) is 105 cm³/mol. The van der Waals surface area contributed by atoms with E-state index in [1.165, 1.54) is 18.4 Å². The number of thioether (sulfide) groups is 1. The second-order valence-corrected chi connectivity index (χ2v) is 7.68. The van der Waals surface area contributed by atoms with Crippen LogP contribution in [0.15, 0.2) is 52.9 Å². The fourth-order valence-electron chi connectivity index (χ4n) is 2.52. The molecule has 29 heavy (non-hydrogen) atoms. The van der Waals surface area contributed by atoms with Gasteiger partial charge in [-0.25, -0.2) is 4.98 Å². The summed E-state index contributed by atoms with van der Waals surface area (Å²) in [5, 5.41) is 10.9. The number of ether oxygens (including phenoxy) is 1. The highest BCUT2D eigenvalue weighted by Gasteiger charge is 2.36. The van der Waals surface area contributed by atoms with Gasteiger partial charge in [-0.1, -0.05) is 30.0 Å². The molecule has 3 aromatic rings. The number of methoxy groups -OCH3 is 1. The average Bonchev–Trinajstić information content (AvgIpc) is 3.25. The van der Waals surface area contributed by atoms with Gasteiger partial charge in [0, 0.05) is 5.56 Å². The van der Waals surface area contributed by atoms with E-state index in [1.54, 1.807) is 47.8 Å². The van der Waals surface area contributed by atoms with Gasteiger partial charge in [-0.15, -0.1) is 11.3 Å². The van der Waals surface area contributed by atoms with E-state index in [4.69, 9.17) is 4.74 Å². The SMILES string of the molecule is COc1cccc(C(=O)CSc2nc(-c3cccs3)cc(C(F)(F)F)c2C#N)c1. The molecule has 2 aromatic heterocycles. The lowest BCUT2D eigenvalue weighted by molar-refractivity contribution is -0.138. The van der Waals surface area contributed by atoms with Crippen LogP contribution in [0.25, 0.3) is 10.6 Å². The summed E-state index contributed by atoms with van der Waals surface area (Å²) in [4.78, 5) is 17.3. The smallest absolute Gasteiger partial charge is 0.417 e. The molecule has 2 heterocycles. The van der Waals surface area contributed by atoms with E-state index < -0.39 is 17.3 Å². The molecule has 9 heteroatoms. The Morgan fingerprint density at radius 1 is 1.28 bits per heavy atom. The zero-order valence-corrected chi connectivity index (χ0v) is 16.6. The number of thiophene rings is 1. The second-order valence-electron chi connectivity index (χ2n) is 5.77. The standard InChI is InChI=1S/C20H13F3N2O2S2/c1-27-13-5-2-4-12(8-13)17(26)11-29-19-14(10-24)15(20(21,22)23)9-16(25-19)18-6-3-7-28-18/h2-9H,11H2,1H3. The third-order valence-corrected chi connectivity index (χ3v) is 5.78. The van der Waals surface area contributed by atoms with Gasteiger partial charge in [0.15, 0.2) is 5.78 Å². The molecule has 0 bridgehead atoms. The van der Waals surface area contributed by atoms with E-state index in [1.807, 2.05) is 0 Å². The van der Waals surface area contributed by atoms with Crippen molar-refractivity contribution in [3.63, 3.8) is 0 Å². The van der Waals surface area contributed by atoms with Gasteiger partial charge < -0.3 is 4.74 Å². The van der Waals surface area contributed by atoms with Gasteiger partial charge in [-0.2, -0.15) is 18.4 Å². The molecule has 0 atom stereocenters. The van der Waals surface area contributed by atoms with Crippen LogP contribution >= 0.6 is 23.1 Å². The molecular weight excluding hydrogens is 421 g/mol. The summed E-state index contributed by atoms with van der Waals surface area (Å²) in [7, 11) is 1.47. The molecule has 3 rings (SSSR count). The summed E-state index contributed by atoms with van der Waals surface area (Å²) in [6.07, 6.45) is -4.72. The third kappa shape index (κ3) is 4.78. The topological polar surface area (TPSA) is 63.0 Å². The first-order valence-electron chi connectivity index (χ1n) is 8.19. The van der Waals surface area contributed by atoms with E-state index in [-0.39, 0.29) is 22.3 Å². The van der Waals surface area contributed by atoms with Crippen molar-refractivity contribution in [2.45, 2.75) is 11.2 Å². The molecule has 0 radical (unpaired) electrons. The first kappa shape index (κ1) is 20.9. The van der Waals surface area contributed by atoms with Gasteiger partial charge in [0.1, 0.15) is 16.8 Å². The number of halogens is 3. The minimum atomic E-state index is -4.72. The Balaban J connectivity index is 1.96. The van der Waals surface area contributed by atoms with Gasteiger partial charge in [0.2, 0.25) is 0 Å². The second kappa shape index (κ2) is 8.68. The number of nitriles is 1. The third-order valence-electron chi connectivity index (χ3n) is 3.91. The first-order chi connectivity index (χ1) is 13.8. The van der Waals surface area contributed by atoms with Crippen molar-refractivity contribution in [1.82, 2.24) is 4.98 Å². The molecular formula is C20H13F3N2O2S2. The summed E-state index contributed by atoms with van der Waals surface area (Å²) in [5.74, 6) is 0.0189. The van der Waals surface area contributed by atoms with Crippen molar-refractivity contribution in [3.05, 3.63) is 64.5 Å². The van der Waals surface area contributed by atoms with Crippen LogP contribution in [0, 0.1) is 11.3 Å². The number of pyridine rings is 1. The van der Waals surface area contributed by atoms with E-state index in [0.717, 1.165) is 17.8 Å². The summed E-state index contributed by atoms with van der Waals surface area (Å²) in [5.41, 5.74) is -1.17. The van der Waals surface area contributed by atoms with Gasteiger partial charge in [0.25, 0.3) is 0 Å². The molecule has 0 aliphatic rings.